The van der Waals surface area contributed by atoms with Gasteiger partial charge in [0.2, 0.25) is 0 Å². The van der Waals surface area contributed by atoms with Crippen LogP contribution in [0.1, 0.15) is 86.5 Å². The van der Waals surface area contributed by atoms with E-state index in [1.807, 2.05) is 81.4 Å². The van der Waals surface area contributed by atoms with Gasteiger partial charge in [0.1, 0.15) is 24.2 Å². The van der Waals surface area contributed by atoms with Crippen LogP contribution in [0.5, 0.6) is 0 Å². The smallest absolute Gasteiger partial charge is 0.146 e. The SMILES string of the molecule is C1CCCCC1.C1CCOCC1.C1COCOC1.Cc1ccc(F)cc1C.Cc1cccc(F)c1.Cc1ccccc1.Fc1ccccc1.c1ccccc1. The topological polar surface area (TPSA) is 27.7 Å². The van der Waals surface area contributed by atoms with Crippen LogP contribution >= 0.6 is 0 Å². The largest absolute Gasteiger partial charge is 0.381 e. The molecule has 3 nitrogen and oxygen atoms in total. The number of halogens is 3. The lowest BCUT2D eigenvalue weighted by atomic mass is 10.0. The second-order valence-electron chi connectivity index (χ2n) is 13.2. The van der Waals surface area contributed by atoms with Gasteiger partial charge in [-0.15, -0.1) is 0 Å². The van der Waals surface area contributed by atoms with Gasteiger partial charge in [-0.1, -0.05) is 147 Å². The van der Waals surface area contributed by atoms with Crippen molar-refractivity contribution in [3.05, 3.63) is 179 Å². The van der Waals surface area contributed by atoms with E-state index in [2.05, 4.69) is 19.1 Å². The van der Waals surface area contributed by atoms with Crippen LogP contribution in [0, 0.1) is 45.1 Å². The van der Waals surface area contributed by atoms with Crippen LogP contribution < -0.4 is 0 Å². The Kier molecular flexibility index (Phi) is 31.5. The average molecular weight is 759 g/mol. The Balaban J connectivity index is 0.000000316. The van der Waals surface area contributed by atoms with E-state index in [4.69, 9.17) is 14.2 Å². The summed E-state index contributed by atoms with van der Waals surface area (Å²) < 4.78 is 51.2. The second-order valence-corrected chi connectivity index (χ2v) is 13.2. The standard InChI is InChI=1S/C8H9F.C7H7F.C7H8.C6H5F.C6H12.C6H6.C5H10O.C4H8O2/c1-6-3-4-8(9)5-7(6)2;1-6-3-2-4-7(8)5-6;1-7-5-3-2-4-6-7;7-6-4-2-1-3-5-6;3*1-2-4-6-5-3-1;1-2-5-4-6-3-1/h3-5H,1-2H3;2-5H,1H3;2-6H,1H3;1-5H;1-6H2;1-6H;1-5H2;1-4H2. The van der Waals surface area contributed by atoms with Crippen LogP contribution in [0.25, 0.3) is 0 Å². The molecule has 3 aliphatic rings. The molecule has 8 rings (SSSR count). The molecule has 1 saturated carbocycles. The van der Waals surface area contributed by atoms with Crippen molar-refractivity contribution < 1.29 is 27.4 Å². The van der Waals surface area contributed by atoms with Gasteiger partial charge in [-0.3, -0.25) is 0 Å². The fraction of sp³-hybridized carbons (Fsp3) is 0.388. The van der Waals surface area contributed by atoms with Gasteiger partial charge in [0.15, 0.2) is 0 Å². The highest BCUT2D eigenvalue weighted by atomic mass is 19.1. The van der Waals surface area contributed by atoms with Gasteiger partial charge >= 0.3 is 0 Å². The van der Waals surface area contributed by atoms with Crippen LogP contribution in [-0.4, -0.2) is 33.2 Å². The summed E-state index contributed by atoms with van der Waals surface area (Å²) in [5.74, 6) is -0.495. The number of hydrogen-bond acceptors (Lipinski definition) is 3. The molecule has 300 valence electrons. The number of aryl methyl sites for hydroxylation is 4. The number of hydrogen-bond donors (Lipinski definition) is 0. The van der Waals surface area contributed by atoms with E-state index < -0.39 is 0 Å². The van der Waals surface area contributed by atoms with E-state index in [9.17, 15) is 13.2 Å². The van der Waals surface area contributed by atoms with Gasteiger partial charge in [-0.25, -0.2) is 13.2 Å². The first kappa shape index (κ1) is 48.8. The highest BCUT2D eigenvalue weighted by molar-refractivity contribution is 5.24. The minimum atomic E-state index is -0.178. The highest BCUT2D eigenvalue weighted by Crippen LogP contribution is 2.15. The maximum atomic E-state index is 12.3. The molecule has 0 amide bonds. The fourth-order valence-corrected chi connectivity index (χ4v) is 4.83. The molecule has 0 radical (unpaired) electrons. The lowest BCUT2D eigenvalue weighted by Crippen LogP contribution is -2.11. The Labute approximate surface area is 330 Å². The molecule has 2 heterocycles. The molecule has 1 aliphatic carbocycles. The molecular weight excluding hydrogens is 694 g/mol. The molecule has 3 fully saturated rings. The maximum Gasteiger partial charge on any atom is 0.146 e. The normalized spacial score (nSPS) is 13.9. The third-order valence-electron chi connectivity index (χ3n) is 8.11. The van der Waals surface area contributed by atoms with Crippen LogP contribution in [0.3, 0.4) is 0 Å². The van der Waals surface area contributed by atoms with Crippen molar-refractivity contribution >= 4 is 0 Å². The van der Waals surface area contributed by atoms with E-state index in [-0.39, 0.29) is 17.5 Å². The molecular formula is C49H65F3O3. The Morgan fingerprint density at radius 2 is 0.727 bits per heavy atom. The summed E-state index contributed by atoms with van der Waals surface area (Å²) in [6.07, 6.45) is 14.0. The van der Waals surface area contributed by atoms with Gasteiger partial charge in [0, 0.05) is 13.2 Å². The molecule has 2 aliphatic heterocycles. The zero-order valence-electron chi connectivity index (χ0n) is 33.7. The summed E-state index contributed by atoms with van der Waals surface area (Å²) in [6, 6.07) is 41.5. The molecule has 0 unspecified atom stereocenters. The van der Waals surface area contributed by atoms with Crippen molar-refractivity contribution in [2.24, 2.45) is 0 Å². The molecule has 0 aromatic heterocycles. The lowest BCUT2D eigenvalue weighted by molar-refractivity contribution is -0.0963. The van der Waals surface area contributed by atoms with Crippen molar-refractivity contribution in [1.29, 1.82) is 0 Å². The predicted octanol–water partition coefficient (Wildman–Crippen LogP) is 14.0. The molecule has 2 saturated heterocycles. The van der Waals surface area contributed by atoms with E-state index in [0.717, 1.165) is 49.5 Å². The summed E-state index contributed by atoms with van der Waals surface area (Å²) in [5.41, 5.74) is 4.43. The first-order valence-electron chi connectivity index (χ1n) is 19.7. The van der Waals surface area contributed by atoms with Gasteiger partial charge in [0.05, 0.1) is 13.2 Å². The molecule has 0 bridgehead atoms. The Morgan fingerprint density at radius 1 is 0.327 bits per heavy atom. The Hall–Kier alpha value is -4.23. The molecule has 55 heavy (non-hydrogen) atoms. The van der Waals surface area contributed by atoms with Crippen LogP contribution in [0.2, 0.25) is 0 Å². The summed E-state index contributed by atoms with van der Waals surface area (Å²) in [6.45, 7) is 12.1. The Bertz CT molecular complexity index is 1380. The zero-order chi connectivity index (χ0) is 40.0. The van der Waals surface area contributed by atoms with Gasteiger partial charge in [-0.05, 0) is 106 Å². The van der Waals surface area contributed by atoms with E-state index in [0.29, 0.717) is 6.79 Å². The van der Waals surface area contributed by atoms with E-state index in [1.54, 1.807) is 30.3 Å². The summed E-state index contributed by atoms with van der Waals surface area (Å²) in [7, 11) is 0. The highest BCUT2D eigenvalue weighted by Gasteiger charge is 1.96. The molecule has 5 aromatic carbocycles. The quantitative estimate of drug-likeness (QED) is 0.157. The average Bonchev–Trinajstić information content (AvgIpc) is 3.24. The van der Waals surface area contributed by atoms with Gasteiger partial charge in [0.25, 0.3) is 0 Å². The lowest BCUT2D eigenvalue weighted by Gasteiger charge is -2.09. The molecule has 5 aromatic rings. The first-order chi connectivity index (χ1) is 26.8. The maximum absolute atomic E-state index is 12.3. The Morgan fingerprint density at radius 3 is 0.982 bits per heavy atom. The minimum Gasteiger partial charge on any atom is -0.381 e. The number of rotatable bonds is 0. The van der Waals surface area contributed by atoms with Crippen molar-refractivity contribution in [2.75, 3.05) is 33.2 Å². The van der Waals surface area contributed by atoms with Crippen LogP contribution in [0.15, 0.2) is 140 Å². The monoisotopic (exact) mass is 758 g/mol. The van der Waals surface area contributed by atoms with Crippen molar-refractivity contribution in [3.8, 4) is 0 Å². The van der Waals surface area contributed by atoms with E-state index in [1.165, 1.54) is 99.7 Å². The predicted molar refractivity (Wildman–Crippen MR) is 225 cm³/mol. The van der Waals surface area contributed by atoms with Crippen molar-refractivity contribution in [1.82, 2.24) is 0 Å². The zero-order valence-corrected chi connectivity index (χ0v) is 33.7. The second kappa shape index (κ2) is 35.5. The van der Waals surface area contributed by atoms with Gasteiger partial charge in [-0.2, -0.15) is 0 Å². The van der Waals surface area contributed by atoms with Crippen molar-refractivity contribution in [3.63, 3.8) is 0 Å². The summed E-state index contributed by atoms with van der Waals surface area (Å²) >= 11 is 0. The van der Waals surface area contributed by atoms with Crippen LogP contribution in [-0.2, 0) is 14.2 Å². The molecule has 0 N–H and O–H groups in total. The van der Waals surface area contributed by atoms with E-state index >= 15 is 0 Å². The molecule has 0 atom stereocenters. The third kappa shape index (κ3) is 32.9. The summed E-state index contributed by atoms with van der Waals surface area (Å²) in [5, 5.41) is 0. The van der Waals surface area contributed by atoms with Crippen LogP contribution in [0.4, 0.5) is 13.2 Å². The summed E-state index contributed by atoms with van der Waals surface area (Å²) in [4.78, 5) is 0. The number of ether oxygens (including phenoxy) is 3. The molecule has 6 heteroatoms. The van der Waals surface area contributed by atoms with Crippen molar-refractivity contribution in [2.45, 2.75) is 91.9 Å². The fourth-order valence-electron chi connectivity index (χ4n) is 4.83. The number of benzene rings is 5. The minimum absolute atomic E-state index is 0.155. The molecule has 0 spiro atoms. The third-order valence-corrected chi connectivity index (χ3v) is 8.11. The first-order valence-corrected chi connectivity index (χ1v) is 19.7. The van der Waals surface area contributed by atoms with Gasteiger partial charge < -0.3 is 14.2 Å².